The van der Waals surface area contributed by atoms with Gasteiger partial charge in [-0.3, -0.25) is 4.79 Å². The predicted octanol–water partition coefficient (Wildman–Crippen LogP) is 4.65. The lowest BCUT2D eigenvalue weighted by atomic mass is 10.1. The Hall–Kier alpha value is -2.50. The normalized spacial score (nSPS) is 11.2. The molecule has 0 aliphatic rings. The van der Waals surface area contributed by atoms with Crippen LogP contribution < -0.4 is 10.1 Å². The molecule has 1 N–H and O–H groups in total. The van der Waals surface area contributed by atoms with E-state index in [0.717, 1.165) is 28.8 Å². The molecule has 0 radical (unpaired) electrons. The van der Waals surface area contributed by atoms with Crippen molar-refractivity contribution in [1.82, 2.24) is 0 Å². The zero-order chi connectivity index (χ0) is 17.9. The van der Waals surface area contributed by atoms with Crippen LogP contribution in [-0.4, -0.2) is 12.5 Å². The van der Waals surface area contributed by atoms with Gasteiger partial charge in [-0.15, -0.1) is 0 Å². The Labute approximate surface area is 138 Å². The minimum Gasteiger partial charge on any atom is -0.483 e. The molecule has 0 saturated heterocycles. The fourth-order valence-electron chi connectivity index (χ4n) is 2.26. The zero-order valence-electron chi connectivity index (χ0n) is 13.6. The van der Waals surface area contributed by atoms with E-state index in [-0.39, 0.29) is 12.3 Å². The van der Waals surface area contributed by atoms with E-state index >= 15 is 0 Å². The Morgan fingerprint density at radius 3 is 2.50 bits per heavy atom. The van der Waals surface area contributed by atoms with Crippen molar-refractivity contribution in [2.24, 2.45) is 0 Å². The minimum absolute atomic E-state index is 0.0792. The van der Waals surface area contributed by atoms with Gasteiger partial charge >= 0.3 is 6.18 Å². The van der Waals surface area contributed by atoms with Crippen LogP contribution in [0.4, 0.5) is 18.9 Å². The van der Waals surface area contributed by atoms with Crippen LogP contribution in [0.25, 0.3) is 0 Å². The summed E-state index contributed by atoms with van der Waals surface area (Å²) in [6.07, 6.45) is -4.45. The molecular formula is C18H18F3NO2. The molecule has 0 unspecified atom stereocenters. The number of carbonyl (C=O) groups excluding carboxylic acids is 1. The largest absolute Gasteiger partial charge is 0.483 e. The molecule has 3 nitrogen and oxygen atoms in total. The molecule has 0 saturated carbocycles. The number of alkyl halides is 3. The smallest absolute Gasteiger partial charge is 0.416 e. The predicted molar refractivity (Wildman–Crippen MR) is 86.2 cm³/mol. The van der Waals surface area contributed by atoms with Gasteiger partial charge in [-0.2, -0.15) is 13.2 Å². The number of hydrogen-bond acceptors (Lipinski definition) is 2. The number of nitrogens with one attached hydrogen (secondary N) is 1. The number of aryl methyl sites for hydroxylation is 2. The van der Waals surface area contributed by atoms with Gasteiger partial charge in [0.1, 0.15) is 5.75 Å². The van der Waals surface area contributed by atoms with Crippen molar-refractivity contribution < 1.29 is 22.7 Å². The molecular weight excluding hydrogens is 319 g/mol. The first kappa shape index (κ1) is 17.8. The molecule has 0 atom stereocenters. The molecule has 1 amide bonds. The Morgan fingerprint density at radius 2 is 1.83 bits per heavy atom. The highest BCUT2D eigenvalue weighted by atomic mass is 19.4. The van der Waals surface area contributed by atoms with E-state index in [1.165, 1.54) is 12.1 Å². The van der Waals surface area contributed by atoms with Crippen LogP contribution >= 0.6 is 0 Å². The molecule has 0 aromatic heterocycles. The van der Waals surface area contributed by atoms with E-state index in [0.29, 0.717) is 5.75 Å². The summed E-state index contributed by atoms with van der Waals surface area (Å²) >= 11 is 0. The summed E-state index contributed by atoms with van der Waals surface area (Å²) in [7, 11) is 0. The van der Waals surface area contributed by atoms with E-state index in [1.54, 1.807) is 0 Å². The number of rotatable bonds is 4. The lowest BCUT2D eigenvalue weighted by molar-refractivity contribution is -0.137. The number of benzene rings is 2. The highest BCUT2D eigenvalue weighted by Crippen LogP contribution is 2.30. The van der Waals surface area contributed by atoms with Gasteiger partial charge in [-0.05, 0) is 61.7 Å². The van der Waals surface area contributed by atoms with Gasteiger partial charge in [0, 0.05) is 5.69 Å². The summed E-state index contributed by atoms with van der Waals surface area (Å²) in [5.41, 5.74) is 2.24. The summed E-state index contributed by atoms with van der Waals surface area (Å²) in [6.45, 7) is 5.47. The van der Waals surface area contributed by atoms with Crippen molar-refractivity contribution >= 4 is 11.6 Å². The van der Waals surface area contributed by atoms with Crippen LogP contribution in [0.15, 0.2) is 36.4 Å². The van der Waals surface area contributed by atoms with E-state index < -0.39 is 17.6 Å². The Kier molecular flexibility index (Phi) is 5.17. The van der Waals surface area contributed by atoms with Gasteiger partial charge in [0.15, 0.2) is 6.61 Å². The molecule has 2 rings (SSSR count). The van der Waals surface area contributed by atoms with Gasteiger partial charge in [-0.1, -0.05) is 12.1 Å². The lowest BCUT2D eigenvalue weighted by Gasteiger charge is -2.13. The minimum atomic E-state index is -4.45. The second-order valence-electron chi connectivity index (χ2n) is 5.62. The average molecular weight is 337 g/mol. The molecule has 128 valence electrons. The highest BCUT2D eigenvalue weighted by Gasteiger charge is 2.30. The average Bonchev–Trinajstić information content (AvgIpc) is 2.49. The first-order chi connectivity index (χ1) is 11.2. The van der Waals surface area contributed by atoms with Crippen LogP contribution in [0.2, 0.25) is 0 Å². The van der Waals surface area contributed by atoms with Crippen molar-refractivity contribution in [3.8, 4) is 5.75 Å². The number of hydrogen-bond donors (Lipinski definition) is 1. The van der Waals surface area contributed by atoms with E-state index in [4.69, 9.17) is 4.74 Å². The molecule has 0 fully saturated rings. The number of halogens is 3. The molecule has 2 aromatic rings. The molecule has 24 heavy (non-hydrogen) atoms. The first-order valence-corrected chi connectivity index (χ1v) is 7.34. The van der Waals surface area contributed by atoms with E-state index in [1.807, 2.05) is 32.9 Å². The number of amides is 1. The maximum absolute atomic E-state index is 12.7. The zero-order valence-corrected chi connectivity index (χ0v) is 13.6. The van der Waals surface area contributed by atoms with Crippen LogP contribution in [0.5, 0.6) is 5.75 Å². The highest BCUT2D eigenvalue weighted by molar-refractivity contribution is 5.92. The summed E-state index contributed by atoms with van der Waals surface area (Å²) in [6, 6.07) is 8.30. The first-order valence-electron chi connectivity index (χ1n) is 7.34. The lowest BCUT2D eigenvalue weighted by Crippen LogP contribution is -2.21. The van der Waals surface area contributed by atoms with Crippen molar-refractivity contribution in [3.05, 3.63) is 58.7 Å². The van der Waals surface area contributed by atoms with Crippen LogP contribution in [-0.2, 0) is 11.0 Å². The van der Waals surface area contributed by atoms with Gasteiger partial charge in [-0.25, -0.2) is 0 Å². The summed E-state index contributed by atoms with van der Waals surface area (Å²) in [5.74, 6) is 0.0691. The number of ether oxygens (including phenoxy) is 1. The summed E-state index contributed by atoms with van der Waals surface area (Å²) in [5, 5.41) is 2.41. The Bertz CT molecular complexity index is 754. The maximum atomic E-state index is 12.7. The number of carbonyl (C=O) groups is 1. The maximum Gasteiger partial charge on any atom is 0.416 e. The summed E-state index contributed by atoms with van der Waals surface area (Å²) in [4.78, 5) is 11.9. The summed E-state index contributed by atoms with van der Waals surface area (Å²) < 4.78 is 43.5. The SMILES string of the molecule is Cc1cc(C)c(C)c(OCC(=O)Nc2cccc(C(F)(F)F)c2)c1. The van der Waals surface area contributed by atoms with Gasteiger partial charge in [0.25, 0.3) is 5.91 Å². The van der Waals surface area contributed by atoms with Crippen molar-refractivity contribution in [3.63, 3.8) is 0 Å². The van der Waals surface area contributed by atoms with Gasteiger partial charge in [0.05, 0.1) is 5.56 Å². The van der Waals surface area contributed by atoms with Gasteiger partial charge < -0.3 is 10.1 Å². The van der Waals surface area contributed by atoms with E-state index in [2.05, 4.69) is 5.32 Å². The third kappa shape index (κ3) is 4.50. The molecule has 0 aliphatic heterocycles. The van der Waals surface area contributed by atoms with Crippen molar-refractivity contribution in [2.45, 2.75) is 26.9 Å². The fraction of sp³-hybridized carbons (Fsp3) is 0.278. The van der Waals surface area contributed by atoms with Crippen molar-refractivity contribution in [1.29, 1.82) is 0 Å². The fourth-order valence-corrected chi connectivity index (χ4v) is 2.26. The Balaban J connectivity index is 2.02. The van der Waals surface area contributed by atoms with Gasteiger partial charge in [0.2, 0.25) is 0 Å². The van der Waals surface area contributed by atoms with Crippen LogP contribution in [0.1, 0.15) is 22.3 Å². The van der Waals surface area contributed by atoms with Crippen molar-refractivity contribution in [2.75, 3.05) is 11.9 Å². The second-order valence-corrected chi connectivity index (χ2v) is 5.62. The number of anilines is 1. The molecule has 0 spiro atoms. The molecule has 0 heterocycles. The second kappa shape index (κ2) is 6.95. The molecule has 6 heteroatoms. The van der Waals surface area contributed by atoms with E-state index in [9.17, 15) is 18.0 Å². The quantitative estimate of drug-likeness (QED) is 0.882. The Morgan fingerprint density at radius 1 is 1.12 bits per heavy atom. The third-order valence-electron chi connectivity index (χ3n) is 3.60. The molecule has 0 bridgehead atoms. The van der Waals surface area contributed by atoms with Crippen LogP contribution in [0, 0.1) is 20.8 Å². The third-order valence-corrected chi connectivity index (χ3v) is 3.60. The topological polar surface area (TPSA) is 38.3 Å². The molecule has 2 aromatic carbocycles. The van der Waals surface area contributed by atoms with Crippen LogP contribution in [0.3, 0.4) is 0 Å². The monoisotopic (exact) mass is 337 g/mol. The molecule has 0 aliphatic carbocycles. The standard InChI is InChI=1S/C18H18F3NO2/c1-11-7-12(2)13(3)16(8-11)24-10-17(23)22-15-6-4-5-14(9-15)18(19,20)21/h4-9H,10H2,1-3H3,(H,22,23).